The molecule has 0 radical (unpaired) electrons. The molecule has 3 rings (SSSR count). The first-order valence-electron chi connectivity index (χ1n) is 7.93. The predicted molar refractivity (Wildman–Crippen MR) is 79.7 cm³/mol. The third kappa shape index (κ3) is 3.74. The number of amides is 2. The van der Waals surface area contributed by atoms with Crippen LogP contribution >= 0.6 is 0 Å². The number of ether oxygens (including phenoxy) is 1. The van der Waals surface area contributed by atoms with Gasteiger partial charge in [-0.15, -0.1) is 0 Å². The van der Waals surface area contributed by atoms with Crippen LogP contribution in [-0.4, -0.2) is 42.2 Å². The summed E-state index contributed by atoms with van der Waals surface area (Å²) < 4.78 is 18.5. The zero-order valence-electron chi connectivity index (χ0n) is 12.6. The number of hydrogen-bond acceptors (Lipinski definition) is 3. The summed E-state index contributed by atoms with van der Waals surface area (Å²) in [4.78, 5) is 18.1. The second kappa shape index (κ2) is 7.05. The van der Waals surface area contributed by atoms with Crippen molar-refractivity contribution in [3.8, 4) is 0 Å². The molecule has 1 saturated carbocycles. The summed E-state index contributed by atoms with van der Waals surface area (Å²) in [5.41, 5.74) is 0.649. The van der Waals surface area contributed by atoms with Crippen LogP contribution in [0.25, 0.3) is 0 Å². The maximum Gasteiger partial charge on any atom is 0.317 e. The lowest BCUT2D eigenvalue weighted by Gasteiger charge is -2.34. The van der Waals surface area contributed by atoms with Gasteiger partial charge in [0.25, 0.3) is 0 Å². The molecule has 2 aliphatic rings. The number of pyridine rings is 1. The van der Waals surface area contributed by atoms with Crippen LogP contribution < -0.4 is 5.32 Å². The highest BCUT2D eigenvalue weighted by atomic mass is 19.1. The van der Waals surface area contributed by atoms with Gasteiger partial charge in [0.05, 0.1) is 31.6 Å². The van der Waals surface area contributed by atoms with Crippen LogP contribution in [0.4, 0.5) is 9.18 Å². The Morgan fingerprint density at radius 2 is 2.27 bits per heavy atom. The van der Waals surface area contributed by atoms with Crippen LogP contribution in [0.3, 0.4) is 0 Å². The molecule has 22 heavy (non-hydrogen) atoms. The van der Waals surface area contributed by atoms with Crippen molar-refractivity contribution in [3.05, 3.63) is 29.8 Å². The Bertz CT molecular complexity index is 505. The minimum absolute atomic E-state index is 0.0963. The Morgan fingerprint density at radius 1 is 1.41 bits per heavy atom. The minimum Gasteiger partial charge on any atom is -0.379 e. The zero-order chi connectivity index (χ0) is 15.4. The van der Waals surface area contributed by atoms with Crippen molar-refractivity contribution in [2.24, 2.45) is 11.8 Å². The lowest BCUT2D eigenvalue weighted by molar-refractivity contribution is 0.0775. The highest BCUT2D eigenvalue weighted by Gasteiger charge is 2.31. The summed E-state index contributed by atoms with van der Waals surface area (Å²) in [5, 5.41) is 2.86. The van der Waals surface area contributed by atoms with E-state index in [0.29, 0.717) is 37.2 Å². The number of nitrogens with zero attached hydrogens (tertiary/aromatic N) is 2. The van der Waals surface area contributed by atoms with Gasteiger partial charge in [-0.25, -0.2) is 9.18 Å². The molecule has 0 unspecified atom stereocenters. The third-order valence-electron chi connectivity index (χ3n) is 4.61. The molecule has 1 saturated heterocycles. The molecule has 5 nitrogen and oxygen atoms in total. The lowest BCUT2D eigenvalue weighted by Crippen LogP contribution is -2.44. The molecule has 0 spiro atoms. The van der Waals surface area contributed by atoms with Crippen LogP contribution in [0.15, 0.2) is 18.3 Å². The number of nitrogens with one attached hydrogen (secondary N) is 1. The van der Waals surface area contributed by atoms with E-state index in [1.165, 1.54) is 25.3 Å². The number of halogens is 1. The molecule has 2 heterocycles. The fourth-order valence-electron chi connectivity index (χ4n) is 3.01. The molecular formula is C16H22FN3O2. The molecule has 1 aliphatic heterocycles. The first-order chi connectivity index (χ1) is 10.7. The lowest BCUT2D eigenvalue weighted by atomic mass is 9.76. The fraction of sp³-hybridized carbons (Fsp3) is 0.625. The molecule has 1 N–H and O–H groups in total. The Hall–Kier alpha value is -1.69. The van der Waals surface area contributed by atoms with Crippen LogP contribution in [0.1, 0.15) is 25.0 Å². The molecule has 1 aromatic heterocycles. The van der Waals surface area contributed by atoms with Crippen molar-refractivity contribution < 1.29 is 13.9 Å². The normalized spacial score (nSPS) is 22.8. The Morgan fingerprint density at radius 3 is 2.95 bits per heavy atom. The number of carbonyl (C=O) groups is 1. The van der Waals surface area contributed by atoms with Crippen molar-refractivity contribution >= 4 is 6.03 Å². The predicted octanol–water partition coefficient (Wildman–Crippen LogP) is 2.18. The van der Waals surface area contributed by atoms with Gasteiger partial charge in [0.15, 0.2) is 0 Å². The topological polar surface area (TPSA) is 54.5 Å². The maximum atomic E-state index is 12.8. The largest absolute Gasteiger partial charge is 0.379 e. The van der Waals surface area contributed by atoms with Crippen LogP contribution in [-0.2, 0) is 11.3 Å². The van der Waals surface area contributed by atoms with E-state index < -0.39 is 0 Å². The van der Waals surface area contributed by atoms with E-state index >= 15 is 0 Å². The smallest absolute Gasteiger partial charge is 0.317 e. The van der Waals surface area contributed by atoms with Gasteiger partial charge in [0, 0.05) is 19.0 Å². The van der Waals surface area contributed by atoms with Crippen LogP contribution in [0.5, 0.6) is 0 Å². The molecule has 1 atom stereocenters. The minimum atomic E-state index is -0.372. The average Bonchev–Trinajstić information content (AvgIpc) is 2.71. The number of aromatic nitrogens is 1. The van der Waals surface area contributed by atoms with Crippen molar-refractivity contribution in [3.63, 3.8) is 0 Å². The Kier molecular flexibility index (Phi) is 4.87. The van der Waals surface area contributed by atoms with Gasteiger partial charge < -0.3 is 15.0 Å². The van der Waals surface area contributed by atoms with Crippen molar-refractivity contribution in [1.29, 1.82) is 0 Å². The highest BCUT2D eigenvalue weighted by molar-refractivity contribution is 5.74. The van der Waals surface area contributed by atoms with E-state index in [1.807, 2.05) is 4.90 Å². The fourth-order valence-corrected chi connectivity index (χ4v) is 3.01. The second-order valence-corrected chi connectivity index (χ2v) is 6.10. The molecule has 2 amide bonds. The van der Waals surface area contributed by atoms with Gasteiger partial charge in [0.2, 0.25) is 0 Å². The molecule has 0 bridgehead atoms. The van der Waals surface area contributed by atoms with E-state index in [1.54, 1.807) is 6.07 Å². The van der Waals surface area contributed by atoms with E-state index in [0.717, 1.165) is 19.3 Å². The molecule has 1 aromatic rings. The Balaban J connectivity index is 1.52. The molecule has 0 aromatic carbocycles. The molecule has 120 valence electrons. The maximum absolute atomic E-state index is 12.8. The summed E-state index contributed by atoms with van der Waals surface area (Å²) in [7, 11) is 0. The number of carbonyl (C=O) groups excluding carboxylic acids is 1. The van der Waals surface area contributed by atoms with Gasteiger partial charge in [0.1, 0.15) is 5.82 Å². The highest BCUT2D eigenvalue weighted by Crippen LogP contribution is 2.34. The molecular weight excluding hydrogens is 285 g/mol. The van der Waals surface area contributed by atoms with Gasteiger partial charge in [-0.1, -0.05) is 19.3 Å². The average molecular weight is 307 g/mol. The molecule has 2 fully saturated rings. The van der Waals surface area contributed by atoms with Gasteiger partial charge in [-0.2, -0.15) is 0 Å². The molecule has 6 heteroatoms. The van der Waals surface area contributed by atoms with Crippen LogP contribution in [0, 0.1) is 17.7 Å². The van der Waals surface area contributed by atoms with E-state index in [9.17, 15) is 9.18 Å². The van der Waals surface area contributed by atoms with Crippen molar-refractivity contribution in [2.45, 2.75) is 25.8 Å². The summed E-state index contributed by atoms with van der Waals surface area (Å²) in [6, 6.07) is 2.83. The first kappa shape index (κ1) is 15.2. The van der Waals surface area contributed by atoms with E-state index in [2.05, 4.69) is 10.3 Å². The van der Waals surface area contributed by atoms with E-state index in [4.69, 9.17) is 4.74 Å². The second-order valence-electron chi connectivity index (χ2n) is 6.10. The van der Waals surface area contributed by atoms with Gasteiger partial charge >= 0.3 is 6.03 Å². The summed E-state index contributed by atoms with van der Waals surface area (Å²) in [5.74, 6) is 0.779. The monoisotopic (exact) mass is 307 g/mol. The Labute approximate surface area is 129 Å². The quantitative estimate of drug-likeness (QED) is 0.931. The number of urea groups is 1. The van der Waals surface area contributed by atoms with Gasteiger partial charge in [-0.3, -0.25) is 4.98 Å². The van der Waals surface area contributed by atoms with Crippen molar-refractivity contribution in [2.75, 3.05) is 26.3 Å². The van der Waals surface area contributed by atoms with Crippen LogP contribution in [0.2, 0.25) is 0 Å². The van der Waals surface area contributed by atoms with E-state index in [-0.39, 0.29) is 11.8 Å². The number of hydrogen-bond donors (Lipinski definition) is 1. The first-order valence-corrected chi connectivity index (χ1v) is 7.93. The standard InChI is InChI=1S/C16H22FN3O2/c17-14-4-5-15(18-8-14)9-19-16(21)20-6-7-22-11-13(10-20)12-2-1-3-12/h4-5,8,12-13H,1-3,6-7,9-11H2,(H,19,21)/t13-/m1/s1. The van der Waals surface area contributed by atoms with Gasteiger partial charge in [-0.05, 0) is 18.1 Å². The number of rotatable bonds is 3. The summed E-state index contributed by atoms with van der Waals surface area (Å²) in [6.45, 7) is 3.03. The summed E-state index contributed by atoms with van der Waals surface area (Å²) >= 11 is 0. The SMILES string of the molecule is O=C(NCc1ccc(F)cn1)N1CCOC[C@H](C2CCC2)C1. The third-order valence-corrected chi connectivity index (χ3v) is 4.61. The summed E-state index contributed by atoms with van der Waals surface area (Å²) in [6.07, 6.45) is 4.96. The zero-order valence-corrected chi connectivity index (χ0v) is 12.6. The molecule has 1 aliphatic carbocycles. The van der Waals surface area contributed by atoms with Crippen molar-refractivity contribution in [1.82, 2.24) is 15.2 Å².